The molecule has 0 aliphatic heterocycles. The molecule has 0 unspecified atom stereocenters. The van der Waals surface area contributed by atoms with Crippen molar-refractivity contribution in [2.24, 2.45) is 0 Å². The Bertz CT molecular complexity index is 195. The molecular formula is C12H26OSi. The fourth-order valence-electron chi connectivity index (χ4n) is 0.878. The lowest BCUT2D eigenvalue weighted by Crippen LogP contribution is -2.40. The predicted molar refractivity (Wildman–Crippen MR) is 67.2 cm³/mol. The molecule has 1 nitrogen and oxygen atoms in total. The minimum Gasteiger partial charge on any atom is -0.417 e. The van der Waals surface area contributed by atoms with Crippen molar-refractivity contribution in [1.82, 2.24) is 0 Å². The summed E-state index contributed by atoms with van der Waals surface area (Å²) in [4.78, 5) is 0. The number of allylic oxidation sites excluding steroid dienone is 1. The van der Waals surface area contributed by atoms with Crippen LogP contribution < -0.4 is 0 Å². The summed E-state index contributed by atoms with van der Waals surface area (Å²) in [5, 5.41) is 0.331. The van der Waals surface area contributed by atoms with Crippen LogP contribution in [0.2, 0.25) is 18.1 Å². The molecule has 0 saturated heterocycles. The van der Waals surface area contributed by atoms with Gasteiger partial charge in [0, 0.05) is 6.61 Å². The first-order valence-corrected chi connectivity index (χ1v) is 8.35. The Morgan fingerprint density at radius 3 is 2.07 bits per heavy atom. The van der Waals surface area contributed by atoms with E-state index in [9.17, 15) is 0 Å². The molecule has 0 atom stereocenters. The minimum absolute atomic E-state index is 0.331. The highest BCUT2D eigenvalue weighted by Crippen LogP contribution is 2.36. The van der Waals surface area contributed by atoms with E-state index in [4.69, 9.17) is 4.43 Å². The lowest BCUT2D eigenvalue weighted by Gasteiger charge is -2.36. The minimum atomic E-state index is -1.51. The fourth-order valence-corrected chi connectivity index (χ4v) is 1.94. The van der Waals surface area contributed by atoms with E-state index in [1.54, 1.807) is 0 Å². The molecule has 0 heterocycles. The van der Waals surface area contributed by atoms with Gasteiger partial charge in [0.1, 0.15) is 0 Å². The van der Waals surface area contributed by atoms with Gasteiger partial charge in [-0.05, 0) is 38.4 Å². The van der Waals surface area contributed by atoms with Crippen molar-refractivity contribution in [3.05, 3.63) is 11.6 Å². The van der Waals surface area contributed by atoms with E-state index in [-0.39, 0.29) is 0 Å². The smallest absolute Gasteiger partial charge is 0.191 e. The monoisotopic (exact) mass is 214 g/mol. The molecule has 0 rings (SSSR count). The van der Waals surface area contributed by atoms with Crippen LogP contribution >= 0.6 is 0 Å². The molecular weight excluding hydrogens is 188 g/mol. The van der Waals surface area contributed by atoms with Crippen LogP contribution in [0.4, 0.5) is 0 Å². The van der Waals surface area contributed by atoms with E-state index in [0.29, 0.717) is 5.04 Å². The molecule has 0 aromatic heterocycles. The van der Waals surface area contributed by atoms with E-state index in [1.165, 1.54) is 5.57 Å². The Labute approximate surface area is 90.7 Å². The van der Waals surface area contributed by atoms with Crippen LogP contribution in [0.15, 0.2) is 11.6 Å². The molecule has 0 saturated carbocycles. The van der Waals surface area contributed by atoms with Crippen molar-refractivity contribution in [1.29, 1.82) is 0 Å². The molecule has 0 aromatic rings. The van der Waals surface area contributed by atoms with Gasteiger partial charge in [0.05, 0.1) is 0 Å². The van der Waals surface area contributed by atoms with Gasteiger partial charge in [-0.1, -0.05) is 32.4 Å². The van der Waals surface area contributed by atoms with Crippen molar-refractivity contribution in [3.8, 4) is 0 Å². The van der Waals surface area contributed by atoms with Gasteiger partial charge < -0.3 is 4.43 Å². The summed E-state index contributed by atoms with van der Waals surface area (Å²) in [6.45, 7) is 16.6. The Balaban J connectivity index is 3.95. The first-order chi connectivity index (χ1) is 6.17. The average molecular weight is 214 g/mol. The molecule has 0 aliphatic rings. The molecule has 0 N–H and O–H groups in total. The van der Waals surface area contributed by atoms with Gasteiger partial charge in [-0.15, -0.1) is 0 Å². The summed E-state index contributed by atoms with van der Waals surface area (Å²) < 4.78 is 6.04. The lowest BCUT2D eigenvalue weighted by atomic mass is 10.2. The second kappa shape index (κ2) is 5.13. The standard InChI is InChI=1S/C12H26OSi/c1-11(2)9-8-10-13-14(6,7)12(3,4)5/h9H,8,10H2,1-7H3. The molecule has 0 amide bonds. The third kappa shape index (κ3) is 4.96. The van der Waals surface area contributed by atoms with Crippen molar-refractivity contribution in [2.45, 2.75) is 59.2 Å². The highest BCUT2D eigenvalue weighted by molar-refractivity contribution is 6.74. The van der Waals surface area contributed by atoms with E-state index in [1.807, 2.05) is 0 Å². The SMILES string of the molecule is CC(C)=CCCO[Si](C)(C)C(C)(C)C. The zero-order valence-corrected chi connectivity index (χ0v) is 11.9. The third-order valence-corrected chi connectivity index (χ3v) is 7.48. The maximum absolute atomic E-state index is 6.04. The second-order valence-electron chi connectivity index (χ2n) is 5.68. The van der Waals surface area contributed by atoms with Crippen LogP contribution in [0, 0.1) is 0 Å². The quantitative estimate of drug-likeness (QED) is 0.384. The van der Waals surface area contributed by atoms with Crippen LogP contribution in [0.3, 0.4) is 0 Å². The summed E-state index contributed by atoms with van der Waals surface area (Å²) in [5.41, 5.74) is 1.38. The van der Waals surface area contributed by atoms with Crippen LogP contribution in [0.25, 0.3) is 0 Å². The molecule has 84 valence electrons. The van der Waals surface area contributed by atoms with Crippen LogP contribution in [-0.2, 0) is 4.43 Å². The first-order valence-electron chi connectivity index (χ1n) is 5.44. The Hall–Kier alpha value is -0.0831. The zero-order valence-electron chi connectivity index (χ0n) is 10.9. The third-order valence-electron chi connectivity index (χ3n) is 2.94. The largest absolute Gasteiger partial charge is 0.417 e. The maximum atomic E-state index is 6.04. The van der Waals surface area contributed by atoms with Gasteiger partial charge in [0.25, 0.3) is 0 Å². The first kappa shape index (κ1) is 13.9. The number of rotatable bonds is 4. The fraction of sp³-hybridized carbons (Fsp3) is 0.833. The topological polar surface area (TPSA) is 9.23 Å². The zero-order chi connectivity index (χ0) is 11.4. The summed E-state index contributed by atoms with van der Waals surface area (Å²) in [6.07, 6.45) is 3.29. The van der Waals surface area contributed by atoms with Gasteiger partial charge in [-0.25, -0.2) is 0 Å². The second-order valence-corrected chi connectivity index (χ2v) is 10.5. The van der Waals surface area contributed by atoms with Crippen LogP contribution in [0.5, 0.6) is 0 Å². The van der Waals surface area contributed by atoms with Crippen LogP contribution in [0.1, 0.15) is 41.0 Å². The van der Waals surface area contributed by atoms with Gasteiger partial charge in [-0.2, -0.15) is 0 Å². The molecule has 0 aliphatic carbocycles. The molecule has 0 spiro atoms. The molecule has 2 heteroatoms. The van der Waals surface area contributed by atoms with Gasteiger partial charge >= 0.3 is 0 Å². The van der Waals surface area contributed by atoms with Crippen molar-refractivity contribution >= 4 is 8.32 Å². The van der Waals surface area contributed by atoms with Crippen molar-refractivity contribution in [3.63, 3.8) is 0 Å². The summed E-state index contributed by atoms with van der Waals surface area (Å²) in [5.74, 6) is 0. The highest BCUT2D eigenvalue weighted by atomic mass is 28.4. The molecule has 0 radical (unpaired) electrons. The highest BCUT2D eigenvalue weighted by Gasteiger charge is 2.36. The van der Waals surface area contributed by atoms with E-state index in [2.05, 4.69) is 53.8 Å². The molecule has 0 aromatic carbocycles. The summed E-state index contributed by atoms with van der Waals surface area (Å²) >= 11 is 0. The maximum Gasteiger partial charge on any atom is 0.191 e. The van der Waals surface area contributed by atoms with Gasteiger partial charge in [-0.3, -0.25) is 0 Å². The lowest BCUT2D eigenvalue weighted by molar-refractivity contribution is 0.294. The van der Waals surface area contributed by atoms with E-state index < -0.39 is 8.32 Å². The van der Waals surface area contributed by atoms with Crippen molar-refractivity contribution < 1.29 is 4.43 Å². The van der Waals surface area contributed by atoms with Gasteiger partial charge in [0.15, 0.2) is 8.32 Å². The molecule has 0 fully saturated rings. The summed E-state index contributed by atoms with van der Waals surface area (Å²) in [6, 6.07) is 0. The normalized spacial score (nSPS) is 12.8. The van der Waals surface area contributed by atoms with E-state index >= 15 is 0 Å². The van der Waals surface area contributed by atoms with E-state index in [0.717, 1.165) is 13.0 Å². The molecule has 0 bridgehead atoms. The van der Waals surface area contributed by atoms with Crippen LogP contribution in [-0.4, -0.2) is 14.9 Å². The van der Waals surface area contributed by atoms with Gasteiger partial charge in [0.2, 0.25) is 0 Å². The number of hydrogen-bond acceptors (Lipinski definition) is 1. The predicted octanol–water partition coefficient (Wildman–Crippen LogP) is 4.36. The Kier molecular flexibility index (Phi) is 5.10. The Morgan fingerprint density at radius 1 is 1.21 bits per heavy atom. The molecule has 14 heavy (non-hydrogen) atoms. The summed E-state index contributed by atoms with van der Waals surface area (Å²) in [7, 11) is -1.51. The number of hydrogen-bond donors (Lipinski definition) is 0. The van der Waals surface area contributed by atoms with Crippen molar-refractivity contribution in [2.75, 3.05) is 6.61 Å². The average Bonchev–Trinajstić information content (AvgIpc) is 1.95. The Morgan fingerprint density at radius 2 is 1.71 bits per heavy atom.